The molecule has 8 heteroatoms. The van der Waals surface area contributed by atoms with E-state index < -0.39 is 0 Å². The van der Waals surface area contributed by atoms with Crippen molar-refractivity contribution in [3.8, 4) is 0 Å². The number of hydrogen-bond acceptors (Lipinski definition) is 4. The van der Waals surface area contributed by atoms with Crippen molar-refractivity contribution in [2.75, 3.05) is 20.8 Å². The number of aromatic nitrogens is 3. The number of benzene rings is 2. The summed E-state index contributed by atoms with van der Waals surface area (Å²) in [6, 6.07) is 17.5. The highest BCUT2D eigenvalue weighted by molar-refractivity contribution is 5.80. The topological polar surface area (TPSA) is 72.3 Å². The Morgan fingerprint density at radius 2 is 1.76 bits per heavy atom. The van der Waals surface area contributed by atoms with Crippen molar-refractivity contribution < 1.29 is 9.13 Å². The highest BCUT2D eigenvalue weighted by Crippen LogP contribution is 2.16. The van der Waals surface area contributed by atoms with Gasteiger partial charge in [0.1, 0.15) is 5.82 Å². The second kappa shape index (κ2) is 9.97. The first-order valence-electron chi connectivity index (χ1n) is 10.8. The number of ether oxygens (including phenoxy) is 1. The molecule has 0 spiro atoms. The Hall–Kier alpha value is -3.49. The van der Waals surface area contributed by atoms with Gasteiger partial charge in [-0.3, -0.25) is 19.6 Å². The summed E-state index contributed by atoms with van der Waals surface area (Å²) in [6.45, 7) is 1.85. The zero-order valence-electron chi connectivity index (χ0n) is 18.8. The van der Waals surface area contributed by atoms with Crippen LogP contribution >= 0.6 is 0 Å². The van der Waals surface area contributed by atoms with E-state index in [-0.39, 0.29) is 16.9 Å². The van der Waals surface area contributed by atoms with Crippen LogP contribution in [0.4, 0.5) is 4.39 Å². The van der Waals surface area contributed by atoms with Crippen molar-refractivity contribution in [3.63, 3.8) is 0 Å². The maximum absolute atomic E-state index is 13.6. The van der Waals surface area contributed by atoms with Gasteiger partial charge in [0.25, 0.3) is 11.1 Å². The van der Waals surface area contributed by atoms with Crippen LogP contribution in [0.15, 0.2) is 70.3 Å². The van der Waals surface area contributed by atoms with E-state index in [9.17, 15) is 14.0 Å². The minimum Gasteiger partial charge on any atom is -0.383 e. The molecule has 0 unspecified atom stereocenters. The second-order valence-electron chi connectivity index (χ2n) is 8.15. The highest BCUT2D eigenvalue weighted by Gasteiger charge is 2.19. The molecule has 0 radical (unpaired) electrons. The van der Waals surface area contributed by atoms with Gasteiger partial charge < -0.3 is 9.30 Å². The number of pyridine rings is 1. The highest BCUT2D eigenvalue weighted by atomic mass is 19.1. The fourth-order valence-electron chi connectivity index (χ4n) is 4.08. The zero-order chi connectivity index (χ0) is 23.4. The maximum Gasteiger partial charge on any atom is 0.276 e. The molecule has 2 heterocycles. The smallest absolute Gasteiger partial charge is 0.276 e. The molecule has 2 aromatic carbocycles. The normalized spacial score (nSPS) is 11.5. The van der Waals surface area contributed by atoms with Crippen LogP contribution in [0, 0.1) is 5.82 Å². The van der Waals surface area contributed by atoms with Crippen molar-refractivity contribution in [2.24, 2.45) is 0 Å². The molecule has 0 aliphatic carbocycles. The third kappa shape index (κ3) is 5.13. The molecule has 0 amide bonds. The van der Waals surface area contributed by atoms with E-state index in [2.05, 4.69) is 5.10 Å². The summed E-state index contributed by atoms with van der Waals surface area (Å²) in [4.78, 5) is 28.3. The van der Waals surface area contributed by atoms with Gasteiger partial charge in [-0.1, -0.05) is 42.5 Å². The Morgan fingerprint density at radius 3 is 2.48 bits per heavy atom. The molecule has 0 bridgehead atoms. The van der Waals surface area contributed by atoms with Crippen LogP contribution in [-0.4, -0.2) is 40.0 Å². The van der Waals surface area contributed by atoms with Gasteiger partial charge in [0.15, 0.2) is 0 Å². The molecule has 1 N–H and O–H groups in total. The number of nitrogens with zero attached hydrogens (tertiary/aromatic N) is 3. The molecule has 2 aromatic heterocycles. The predicted octanol–water partition coefficient (Wildman–Crippen LogP) is 2.96. The maximum atomic E-state index is 13.6. The fourth-order valence-corrected chi connectivity index (χ4v) is 4.08. The van der Waals surface area contributed by atoms with Gasteiger partial charge in [0, 0.05) is 32.8 Å². The van der Waals surface area contributed by atoms with Crippen LogP contribution in [0.2, 0.25) is 0 Å². The summed E-state index contributed by atoms with van der Waals surface area (Å²) in [5.74, 6) is -0.297. The third-order valence-electron chi connectivity index (χ3n) is 5.60. The summed E-state index contributed by atoms with van der Waals surface area (Å²) < 4.78 is 21.9. The quantitative estimate of drug-likeness (QED) is 0.426. The molecule has 7 nitrogen and oxygen atoms in total. The minimum atomic E-state index is -0.297. The summed E-state index contributed by atoms with van der Waals surface area (Å²) in [5, 5.41) is 3.58. The number of methoxy groups -OCH3 is 1. The number of rotatable bonds is 9. The Morgan fingerprint density at radius 1 is 1.00 bits per heavy atom. The first-order chi connectivity index (χ1) is 16.0. The summed E-state index contributed by atoms with van der Waals surface area (Å²) in [5.41, 5.74) is 2.51. The molecule has 0 saturated heterocycles. The van der Waals surface area contributed by atoms with E-state index in [0.717, 1.165) is 11.1 Å². The lowest BCUT2D eigenvalue weighted by atomic mass is 10.1. The molecule has 0 aliphatic rings. The van der Waals surface area contributed by atoms with Crippen LogP contribution in [0.3, 0.4) is 0 Å². The molecular weight excluding hydrogens is 423 g/mol. The lowest BCUT2D eigenvalue weighted by Gasteiger charge is -2.20. The number of H-pyrrole nitrogens is 1. The number of hydrogen-bond donors (Lipinski definition) is 1. The van der Waals surface area contributed by atoms with Crippen molar-refractivity contribution in [2.45, 2.75) is 26.2 Å². The SMILES string of the molecule is COCCn1c(CN(C)Cc2cccc(F)c2)c2c(=O)n(Cc3ccccc3)[nH]c2cc1=O. The minimum absolute atomic E-state index is 0.186. The van der Waals surface area contributed by atoms with Gasteiger partial charge in [-0.2, -0.15) is 0 Å². The molecule has 0 saturated carbocycles. The van der Waals surface area contributed by atoms with Gasteiger partial charge in [-0.05, 0) is 30.3 Å². The monoisotopic (exact) mass is 450 g/mol. The van der Waals surface area contributed by atoms with Crippen molar-refractivity contribution in [1.82, 2.24) is 19.2 Å². The van der Waals surface area contributed by atoms with Gasteiger partial charge in [-0.15, -0.1) is 0 Å². The molecule has 0 aliphatic heterocycles. The van der Waals surface area contributed by atoms with Gasteiger partial charge in [0.2, 0.25) is 0 Å². The zero-order valence-corrected chi connectivity index (χ0v) is 18.8. The largest absolute Gasteiger partial charge is 0.383 e. The summed E-state index contributed by atoms with van der Waals surface area (Å²) in [7, 11) is 3.45. The lowest BCUT2D eigenvalue weighted by Crippen LogP contribution is -2.30. The molecule has 0 fully saturated rings. The third-order valence-corrected chi connectivity index (χ3v) is 5.60. The molecular formula is C25H27FN4O3. The second-order valence-corrected chi connectivity index (χ2v) is 8.15. The van der Waals surface area contributed by atoms with Crippen molar-refractivity contribution in [3.05, 3.63) is 104 Å². The van der Waals surface area contributed by atoms with Crippen LogP contribution in [0.25, 0.3) is 10.9 Å². The molecule has 33 heavy (non-hydrogen) atoms. The predicted molar refractivity (Wildman–Crippen MR) is 126 cm³/mol. The van der Waals surface area contributed by atoms with Crippen LogP contribution in [0.5, 0.6) is 0 Å². The molecule has 172 valence electrons. The number of fused-ring (bicyclic) bond motifs is 1. The summed E-state index contributed by atoms with van der Waals surface area (Å²) in [6.07, 6.45) is 0. The average molecular weight is 451 g/mol. The van der Waals surface area contributed by atoms with Crippen molar-refractivity contribution >= 4 is 10.9 Å². The van der Waals surface area contributed by atoms with E-state index >= 15 is 0 Å². The Balaban J connectivity index is 1.75. The van der Waals surface area contributed by atoms with Gasteiger partial charge in [-0.25, -0.2) is 9.07 Å². The number of nitrogens with one attached hydrogen (secondary N) is 1. The lowest BCUT2D eigenvalue weighted by molar-refractivity contribution is 0.184. The van der Waals surface area contributed by atoms with E-state index in [4.69, 9.17) is 4.74 Å². The molecule has 4 aromatic rings. The summed E-state index contributed by atoms with van der Waals surface area (Å²) >= 11 is 0. The Bertz CT molecular complexity index is 1360. The Labute approximate surface area is 190 Å². The van der Waals surface area contributed by atoms with E-state index in [0.29, 0.717) is 49.4 Å². The molecule has 4 rings (SSSR count). The standard InChI is InChI=1S/C25H27FN4O3/c1-28(15-19-9-6-10-20(26)13-19)17-22-24-21(14-23(31)29(22)11-12-33-2)27-30(25(24)32)16-18-7-4-3-5-8-18/h3-10,13-14,27H,11-12,15-17H2,1-2H3. The first kappa shape index (κ1) is 22.7. The van der Waals surface area contributed by atoms with E-state index in [1.54, 1.807) is 17.7 Å². The van der Waals surface area contributed by atoms with Gasteiger partial charge >= 0.3 is 0 Å². The Kier molecular flexibility index (Phi) is 6.86. The first-order valence-corrected chi connectivity index (χ1v) is 10.8. The number of aromatic amines is 1. The fraction of sp³-hybridized carbons (Fsp3) is 0.280. The van der Waals surface area contributed by atoms with Crippen LogP contribution < -0.4 is 11.1 Å². The van der Waals surface area contributed by atoms with Crippen molar-refractivity contribution in [1.29, 1.82) is 0 Å². The van der Waals surface area contributed by atoms with Gasteiger partial charge in [0.05, 0.1) is 29.7 Å². The van der Waals surface area contributed by atoms with E-state index in [1.165, 1.54) is 22.9 Å². The number of halogens is 1. The average Bonchev–Trinajstić information content (AvgIpc) is 3.08. The van der Waals surface area contributed by atoms with Crippen LogP contribution in [0.1, 0.15) is 16.8 Å². The van der Waals surface area contributed by atoms with E-state index in [1.807, 2.05) is 48.3 Å². The molecule has 0 atom stereocenters. The van der Waals surface area contributed by atoms with Crippen LogP contribution in [-0.2, 0) is 30.9 Å².